The van der Waals surface area contributed by atoms with E-state index in [1.165, 1.54) is 0 Å². The Labute approximate surface area is 195 Å². The molecule has 32 heavy (non-hydrogen) atoms. The molecule has 1 aliphatic carbocycles. The van der Waals surface area contributed by atoms with Crippen LogP contribution in [0.3, 0.4) is 0 Å². The highest BCUT2D eigenvalue weighted by Gasteiger charge is 2.42. The fourth-order valence-electron chi connectivity index (χ4n) is 3.59. The summed E-state index contributed by atoms with van der Waals surface area (Å²) < 4.78 is 43.5. The van der Waals surface area contributed by atoms with Gasteiger partial charge in [-0.1, -0.05) is 23.7 Å². The van der Waals surface area contributed by atoms with Gasteiger partial charge in [0, 0.05) is 11.6 Å². The Hall–Kier alpha value is -2.33. The number of amides is 1. The average molecular weight is 531 g/mol. The number of nitrogens with one attached hydrogen (secondary N) is 1. The third-order valence-corrected chi connectivity index (χ3v) is 6.81. The predicted octanol–water partition coefficient (Wildman–Crippen LogP) is 5.70. The maximum Gasteiger partial charge on any atom is 0.436 e. The topological polar surface area (TPSA) is 64.7 Å². The molecule has 1 aliphatic rings. The molecule has 0 atom stereocenters. The van der Waals surface area contributed by atoms with Gasteiger partial charge in [-0.25, -0.2) is 0 Å². The van der Waals surface area contributed by atoms with Gasteiger partial charge in [0.05, 0.1) is 33.1 Å². The molecule has 1 N–H and O–H groups in total. The van der Waals surface area contributed by atoms with E-state index in [0.29, 0.717) is 12.2 Å². The monoisotopic (exact) mass is 529 g/mol. The molecule has 4 rings (SSSR count). The lowest BCUT2D eigenvalue weighted by atomic mass is 10.2. The Morgan fingerprint density at radius 1 is 1.25 bits per heavy atom. The SMILES string of the molecule is Cc1nn(Cc2cccc(NC(=O)Cn3nc(C(F)(F)F)c(Cl)c3C3CC3)c2)c(C)c1Br. The van der Waals surface area contributed by atoms with Crippen molar-refractivity contribution < 1.29 is 18.0 Å². The summed E-state index contributed by atoms with van der Waals surface area (Å²) >= 11 is 9.47. The fourth-order valence-corrected chi connectivity index (χ4v) is 4.27. The van der Waals surface area contributed by atoms with Crippen LogP contribution in [0.5, 0.6) is 0 Å². The molecule has 3 aromatic rings. The smallest absolute Gasteiger partial charge is 0.324 e. The number of halogens is 5. The lowest BCUT2D eigenvalue weighted by molar-refractivity contribution is -0.141. The first kappa shape index (κ1) is 22.8. The molecule has 0 radical (unpaired) electrons. The Morgan fingerprint density at radius 3 is 2.56 bits per heavy atom. The minimum absolute atomic E-state index is 0.0951. The molecular weight excluding hydrogens is 511 g/mol. The van der Waals surface area contributed by atoms with Gasteiger partial charge in [-0.15, -0.1) is 0 Å². The molecule has 0 unspecified atom stereocenters. The zero-order valence-electron chi connectivity index (χ0n) is 17.3. The van der Waals surface area contributed by atoms with Crippen LogP contribution >= 0.6 is 27.5 Å². The van der Waals surface area contributed by atoms with Gasteiger partial charge in [-0.2, -0.15) is 23.4 Å². The number of rotatable bonds is 6. The van der Waals surface area contributed by atoms with Gasteiger partial charge in [0.2, 0.25) is 5.91 Å². The second-order valence-corrected chi connectivity index (χ2v) is 9.04. The maximum atomic E-state index is 13.2. The van der Waals surface area contributed by atoms with E-state index >= 15 is 0 Å². The minimum atomic E-state index is -4.67. The van der Waals surface area contributed by atoms with Crippen molar-refractivity contribution in [3.8, 4) is 0 Å². The van der Waals surface area contributed by atoms with Gasteiger partial charge >= 0.3 is 6.18 Å². The standard InChI is InChI=1S/C21H20BrClF3N5O/c1-11-17(22)12(2)30(28-11)9-13-4-3-5-15(8-13)27-16(32)10-31-19(14-6-7-14)18(23)20(29-31)21(24,25)26/h3-5,8,14H,6-7,9-10H2,1-2H3,(H,27,32). The number of anilines is 1. The normalized spacial score (nSPS) is 14.1. The van der Waals surface area contributed by atoms with Crippen LogP contribution in [-0.4, -0.2) is 25.5 Å². The highest BCUT2D eigenvalue weighted by molar-refractivity contribution is 9.10. The summed E-state index contributed by atoms with van der Waals surface area (Å²) in [6.07, 6.45) is -3.21. The molecule has 1 aromatic carbocycles. The van der Waals surface area contributed by atoms with Crippen molar-refractivity contribution in [3.05, 3.63) is 62.1 Å². The summed E-state index contributed by atoms with van der Waals surface area (Å²) in [5, 5.41) is 10.4. The van der Waals surface area contributed by atoms with E-state index in [2.05, 4.69) is 31.4 Å². The van der Waals surface area contributed by atoms with Crippen molar-refractivity contribution in [1.82, 2.24) is 19.6 Å². The largest absolute Gasteiger partial charge is 0.436 e. The maximum absolute atomic E-state index is 13.2. The quantitative estimate of drug-likeness (QED) is 0.445. The average Bonchev–Trinajstić information content (AvgIpc) is 3.44. The van der Waals surface area contributed by atoms with Crippen LogP contribution in [0, 0.1) is 13.8 Å². The van der Waals surface area contributed by atoms with E-state index in [9.17, 15) is 18.0 Å². The second-order valence-electron chi connectivity index (χ2n) is 7.87. The van der Waals surface area contributed by atoms with Crippen molar-refractivity contribution >= 4 is 39.1 Å². The molecule has 6 nitrogen and oxygen atoms in total. The van der Waals surface area contributed by atoms with E-state index in [1.807, 2.05) is 24.6 Å². The fraction of sp³-hybridized carbons (Fsp3) is 0.381. The summed E-state index contributed by atoms with van der Waals surface area (Å²) in [7, 11) is 0. The van der Waals surface area contributed by atoms with Gasteiger partial charge in [0.25, 0.3) is 0 Å². The lowest BCUT2D eigenvalue weighted by Crippen LogP contribution is -2.21. The minimum Gasteiger partial charge on any atom is -0.324 e. The Morgan fingerprint density at radius 2 is 1.97 bits per heavy atom. The third kappa shape index (κ3) is 4.71. The van der Waals surface area contributed by atoms with Crippen molar-refractivity contribution in [3.63, 3.8) is 0 Å². The van der Waals surface area contributed by atoms with Crippen molar-refractivity contribution in [2.24, 2.45) is 0 Å². The van der Waals surface area contributed by atoms with Crippen molar-refractivity contribution in [1.29, 1.82) is 0 Å². The van der Waals surface area contributed by atoms with Crippen LogP contribution < -0.4 is 5.32 Å². The number of nitrogens with zero attached hydrogens (tertiary/aromatic N) is 4. The molecule has 1 fully saturated rings. The molecule has 2 heterocycles. The van der Waals surface area contributed by atoms with Gasteiger partial charge in [-0.3, -0.25) is 14.2 Å². The molecule has 1 amide bonds. The number of hydrogen-bond donors (Lipinski definition) is 1. The molecule has 170 valence electrons. The summed E-state index contributed by atoms with van der Waals surface area (Å²) in [4.78, 5) is 12.6. The summed E-state index contributed by atoms with van der Waals surface area (Å²) in [5.41, 5.74) is 2.46. The predicted molar refractivity (Wildman–Crippen MR) is 118 cm³/mol. The Balaban J connectivity index is 1.49. The Bertz CT molecular complexity index is 1180. The number of carbonyl (C=O) groups excluding carboxylic acids is 1. The number of aryl methyl sites for hydroxylation is 1. The Kier molecular flexibility index (Phi) is 6.10. The van der Waals surface area contributed by atoms with Crippen LogP contribution in [0.1, 0.15) is 47.1 Å². The molecule has 0 aliphatic heterocycles. The van der Waals surface area contributed by atoms with Crippen LogP contribution in [0.25, 0.3) is 0 Å². The number of carbonyl (C=O) groups is 1. The van der Waals surface area contributed by atoms with Gasteiger partial charge in [-0.05, 0) is 60.3 Å². The first-order valence-corrected chi connectivity index (χ1v) is 11.1. The van der Waals surface area contributed by atoms with Gasteiger partial charge in [0.15, 0.2) is 5.69 Å². The van der Waals surface area contributed by atoms with Crippen LogP contribution in [0.4, 0.5) is 18.9 Å². The van der Waals surface area contributed by atoms with Crippen LogP contribution in [-0.2, 0) is 24.1 Å². The summed E-state index contributed by atoms with van der Waals surface area (Å²) in [6.45, 7) is 4.03. The molecule has 11 heteroatoms. The van der Waals surface area contributed by atoms with E-state index in [4.69, 9.17) is 11.6 Å². The number of alkyl halides is 3. The number of benzene rings is 1. The summed E-state index contributed by atoms with van der Waals surface area (Å²) in [5.74, 6) is -0.576. The number of aromatic nitrogens is 4. The lowest BCUT2D eigenvalue weighted by Gasteiger charge is -2.10. The first-order valence-electron chi connectivity index (χ1n) is 9.96. The van der Waals surface area contributed by atoms with Gasteiger partial charge in [0.1, 0.15) is 6.54 Å². The molecular formula is C21H20BrClF3N5O. The zero-order valence-corrected chi connectivity index (χ0v) is 19.6. The molecule has 0 saturated heterocycles. The van der Waals surface area contributed by atoms with Gasteiger partial charge < -0.3 is 5.32 Å². The van der Waals surface area contributed by atoms with Crippen molar-refractivity contribution in [2.45, 2.75) is 51.9 Å². The molecule has 2 aromatic heterocycles. The highest BCUT2D eigenvalue weighted by Crippen LogP contribution is 2.46. The van der Waals surface area contributed by atoms with E-state index < -0.39 is 22.8 Å². The van der Waals surface area contributed by atoms with Crippen molar-refractivity contribution in [2.75, 3.05) is 5.32 Å². The van der Waals surface area contributed by atoms with E-state index in [-0.39, 0.29) is 18.2 Å². The number of hydrogen-bond acceptors (Lipinski definition) is 3. The van der Waals surface area contributed by atoms with Crippen LogP contribution in [0.2, 0.25) is 5.02 Å². The molecule has 0 spiro atoms. The zero-order chi connectivity index (χ0) is 23.2. The molecule has 0 bridgehead atoms. The highest BCUT2D eigenvalue weighted by atomic mass is 79.9. The first-order chi connectivity index (χ1) is 15.0. The van der Waals surface area contributed by atoms with E-state index in [0.717, 1.165) is 38.9 Å². The summed E-state index contributed by atoms with van der Waals surface area (Å²) in [6, 6.07) is 7.24. The van der Waals surface area contributed by atoms with Crippen LogP contribution in [0.15, 0.2) is 28.7 Å². The van der Waals surface area contributed by atoms with E-state index in [1.54, 1.807) is 18.2 Å². The molecule has 1 saturated carbocycles. The second kappa shape index (κ2) is 8.55. The third-order valence-electron chi connectivity index (χ3n) is 5.29.